The molecule has 0 saturated heterocycles. The minimum atomic E-state index is 0.0955. The second-order valence-electron chi connectivity index (χ2n) is 5.89. The fourth-order valence-corrected chi connectivity index (χ4v) is 1.71. The van der Waals surface area contributed by atoms with Crippen molar-refractivity contribution in [3.8, 4) is 17.4 Å². The van der Waals surface area contributed by atoms with Gasteiger partial charge in [-0.3, -0.25) is 0 Å². The van der Waals surface area contributed by atoms with Gasteiger partial charge in [-0.05, 0) is 50.6 Å². The van der Waals surface area contributed by atoms with Gasteiger partial charge in [-0.1, -0.05) is 6.07 Å². The molecule has 112 valence electrons. The Labute approximate surface area is 126 Å². The molecule has 1 aromatic heterocycles. The molecule has 2 rings (SSSR count). The molecule has 0 fully saturated rings. The van der Waals surface area contributed by atoms with E-state index in [2.05, 4.69) is 31.1 Å². The molecule has 0 aliphatic heterocycles. The predicted octanol–water partition coefficient (Wildman–Crippen LogP) is 3.77. The first-order valence-corrected chi connectivity index (χ1v) is 6.98. The van der Waals surface area contributed by atoms with E-state index in [-0.39, 0.29) is 5.54 Å². The van der Waals surface area contributed by atoms with Gasteiger partial charge in [0.2, 0.25) is 5.88 Å². The standard InChI is InChI=1S/C17H22N2O2/c1-17(2,3)19-12-13-5-10-16(18-11-13)21-15-8-6-14(20-4)7-9-15/h5-11,19H,12H2,1-4H3. The van der Waals surface area contributed by atoms with Gasteiger partial charge in [-0.2, -0.15) is 0 Å². The first-order chi connectivity index (χ1) is 9.96. The van der Waals surface area contributed by atoms with E-state index in [4.69, 9.17) is 9.47 Å². The van der Waals surface area contributed by atoms with Gasteiger partial charge in [0.15, 0.2) is 0 Å². The molecule has 0 bridgehead atoms. The molecule has 4 nitrogen and oxygen atoms in total. The number of methoxy groups -OCH3 is 1. The number of benzene rings is 1. The molecular formula is C17H22N2O2. The topological polar surface area (TPSA) is 43.4 Å². The van der Waals surface area contributed by atoms with Crippen LogP contribution in [0.4, 0.5) is 0 Å². The van der Waals surface area contributed by atoms with E-state index in [1.54, 1.807) is 7.11 Å². The highest BCUT2D eigenvalue weighted by Crippen LogP contribution is 2.22. The second kappa shape index (κ2) is 6.59. The molecular weight excluding hydrogens is 264 g/mol. The number of hydrogen-bond acceptors (Lipinski definition) is 4. The van der Waals surface area contributed by atoms with Gasteiger partial charge < -0.3 is 14.8 Å². The Bertz CT molecular complexity index is 557. The normalized spacial score (nSPS) is 11.2. The Balaban J connectivity index is 1.95. The van der Waals surface area contributed by atoms with Crippen LogP contribution in [-0.2, 0) is 6.54 Å². The van der Waals surface area contributed by atoms with Crippen LogP contribution in [0.3, 0.4) is 0 Å². The molecule has 0 atom stereocenters. The zero-order valence-electron chi connectivity index (χ0n) is 13.0. The van der Waals surface area contributed by atoms with Crippen molar-refractivity contribution in [1.29, 1.82) is 0 Å². The predicted molar refractivity (Wildman–Crippen MR) is 83.9 cm³/mol. The summed E-state index contributed by atoms with van der Waals surface area (Å²) in [7, 11) is 1.64. The molecule has 0 aliphatic carbocycles. The summed E-state index contributed by atoms with van der Waals surface area (Å²) >= 11 is 0. The third-order valence-electron chi connectivity index (χ3n) is 2.90. The monoisotopic (exact) mass is 286 g/mol. The first-order valence-electron chi connectivity index (χ1n) is 6.98. The Kier molecular flexibility index (Phi) is 4.81. The van der Waals surface area contributed by atoms with Gasteiger partial charge in [0.05, 0.1) is 7.11 Å². The molecule has 4 heteroatoms. The minimum absolute atomic E-state index is 0.0955. The fourth-order valence-electron chi connectivity index (χ4n) is 1.71. The van der Waals surface area contributed by atoms with Gasteiger partial charge in [-0.15, -0.1) is 0 Å². The number of ether oxygens (including phenoxy) is 2. The maximum Gasteiger partial charge on any atom is 0.219 e. The number of pyridine rings is 1. The summed E-state index contributed by atoms with van der Waals surface area (Å²) < 4.78 is 10.8. The maximum atomic E-state index is 5.69. The Hall–Kier alpha value is -2.07. The van der Waals surface area contributed by atoms with E-state index in [1.165, 1.54) is 0 Å². The van der Waals surface area contributed by atoms with Gasteiger partial charge >= 0.3 is 0 Å². The van der Waals surface area contributed by atoms with Crippen molar-refractivity contribution in [2.45, 2.75) is 32.9 Å². The van der Waals surface area contributed by atoms with Crippen molar-refractivity contribution in [2.75, 3.05) is 7.11 Å². The molecule has 0 amide bonds. The highest BCUT2D eigenvalue weighted by molar-refractivity contribution is 5.33. The molecule has 0 spiro atoms. The molecule has 1 aromatic carbocycles. The second-order valence-corrected chi connectivity index (χ2v) is 5.89. The quantitative estimate of drug-likeness (QED) is 0.908. The summed E-state index contributed by atoms with van der Waals surface area (Å²) in [5.41, 5.74) is 1.23. The third-order valence-corrected chi connectivity index (χ3v) is 2.90. The van der Waals surface area contributed by atoms with Crippen LogP contribution in [0.1, 0.15) is 26.3 Å². The number of nitrogens with one attached hydrogen (secondary N) is 1. The van der Waals surface area contributed by atoms with Crippen LogP contribution >= 0.6 is 0 Å². The number of rotatable bonds is 5. The van der Waals surface area contributed by atoms with Crippen LogP contribution in [0.2, 0.25) is 0 Å². The molecule has 2 aromatic rings. The smallest absolute Gasteiger partial charge is 0.219 e. The van der Waals surface area contributed by atoms with Crippen LogP contribution in [-0.4, -0.2) is 17.6 Å². The van der Waals surface area contributed by atoms with Gasteiger partial charge in [0.1, 0.15) is 11.5 Å². The maximum absolute atomic E-state index is 5.69. The lowest BCUT2D eigenvalue weighted by atomic mass is 10.1. The molecule has 0 aliphatic rings. The molecule has 21 heavy (non-hydrogen) atoms. The van der Waals surface area contributed by atoms with Crippen LogP contribution in [0.15, 0.2) is 42.6 Å². The minimum Gasteiger partial charge on any atom is -0.497 e. The summed E-state index contributed by atoms with van der Waals surface area (Å²) in [4.78, 5) is 4.32. The average Bonchev–Trinajstić information content (AvgIpc) is 2.46. The largest absolute Gasteiger partial charge is 0.497 e. The SMILES string of the molecule is COc1ccc(Oc2ccc(CNC(C)(C)C)cn2)cc1. The van der Waals surface area contributed by atoms with Crippen molar-refractivity contribution in [1.82, 2.24) is 10.3 Å². The lowest BCUT2D eigenvalue weighted by molar-refractivity contribution is 0.412. The number of aromatic nitrogens is 1. The van der Waals surface area contributed by atoms with Crippen LogP contribution in [0.25, 0.3) is 0 Å². The van der Waals surface area contributed by atoms with Crippen LogP contribution in [0, 0.1) is 0 Å². The summed E-state index contributed by atoms with van der Waals surface area (Å²) in [5, 5.41) is 3.43. The van der Waals surface area contributed by atoms with Crippen molar-refractivity contribution in [2.24, 2.45) is 0 Å². The van der Waals surface area contributed by atoms with Crippen molar-refractivity contribution < 1.29 is 9.47 Å². The van der Waals surface area contributed by atoms with E-state index in [0.29, 0.717) is 5.88 Å². The van der Waals surface area contributed by atoms with E-state index >= 15 is 0 Å². The highest BCUT2D eigenvalue weighted by Gasteiger charge is 2.08. The molecule has 0 saturated carbocycles. The molecule has 0 unspecified atom stereocenters. The lowest BCUT2D eigenvalue weighted by Crippen LogP contribution is -2.35. The molecule has 1 heterocycles. The Morgan fingerprint density at radius 2 is 1.67 bits per heavy atom. The number of hydrogen-bond donors (Lipinski definition) is 1. The highest BCUT2D eigenvalue weighted by atomic mass is 16.5. The van der Waals surface area contributed by atoms with Crippen molar-refractivity contribution in [3.63, 3.8) is 0 Å². The number of nitrogens with zero attached hydrogens (tertiary/aromatic N) is 1. The van der Waals surface area contributed by atoms with Gasteiger partial charge in [0, 0.05) is 24.3 Å². The Morgan fingerprint density at radius 1 is 1.00 bits per heavy atom. The summed E-state index contributed by atoms with van der Waals surface area (Å²) in [6.07, 6.45) is 1.83. The third kappa shape index (κ3) is 5.08. The van der Waals surface area contributed by atoms with Gasteiger partial charge in [0.25, 0.3) is 0 Å². The lowest BCUT2D eigenvalue weighted by Gasteiger charge is -2.20. The van der Waals surface area contributed by atoms with E-state index in [0.717, 1.165) is 23.6 Å². The zero-order chi connectivity index (χ0) is 15.3. The van der Waals surface area contributed by atoms with Crippen LogP contribution < -0.4 is 14.8 Å². The fraction of sp³-hybridized carbons (Fsp3) is 0.353. The summed E-state index contributed by atoms with van der Waals surface area (Å²) in [5.74, 6) is 2.13. The summed E-state index contributed by atoms with van der Waals surface area (Å²) in [6, 6.07) is 11.3. The van der Waals surface area contributed by atoms with Gasteiger partial charge in [-0.25, -0.2) is 4.98 Å². The first kappa shape index (κ1) is 15.3. The van der Waals surface area contributed by atoms with Crippen LogP contribution in [0.5, 0.6) is 17.4 Å². The average molecular weight is 286 g/mol. The zero-order valence-corrected chi connectivity index (χ0v) is 13.0. The molecule has 0 radical (unpaired) electrons. The van der Waals surface area contributed by atoms with E-state index in [9.17, 15) is 0 Å². The van der Waals surface area contributed by atoms with E-state index < -0.39 is 0 Å². The van der Waals surface area contributed by atoms with Crippen molar-refractivity contribution >= 4 is 0 Å². The van der Waals surface area contributed by atoms with E-state index in [1.807, 2.05) is 42.6 Å². The molecule has 1 N–H and O–H groups in total. The Morgan fingerprint density at radius 3 is 2.19 bits per heavy atom. The van der Waals surface area contributed by atoms with Crippen molar-refractivity contribution in [3.05, 3.63) is 48.2 Å². The summed E-state index contributed by atoms with van der Waals surface area (Å²) in [6.45, 7) is 7.21.